The molecule has 1 aromatic heterocycles. The van der Waals surface area contributed by atoms with E-state index in [1.165, 1.54) is 30.4 Å². The van der Waals surface area contributed by atoms with Gasteiger partial charge in [-0.3, -0.25) is 0 Å². The van der Waals surface area contributed by atoms with Gasteiger partial charge < -0.3 is 5.32 Å². The average Bonchev–Trinajstić information content (AvgIpc) is 2.86. The molecule has 0 aromatic carbocycles. The second kappa shape index (κ2) is 4.45. The molecule has 2 rings (SSSR count). The molecule has 1 heterocycles. The third kappa shape index (κ3) is 2.82. The van der Waals surface area contributed by atoms with Gasteiger partial charge in [0.1, 0.15) is 0 Å². The second-order valence-electron chi connectivity index (χ2n) is 4.54. The molecule has 1 aromatic rings. The first-order valence-corrected chi connectivity index (χ1v) is 6.45. The lowest BCUT2D eigenvalue weighted by Crippen LogP contribution is -2.25. The summed E-state index contributed by atoms with van der Waals surface area (Å²) >= 11 is 1.80. The van der Waals surface area contributed by atoms with E-state index < -0.39 is 0 Å². The molecule has 1 unspecified atom stereocenters. The summed E-state index contributed by atoms with van der Waals surface area (Å²) in [5.74, 6) is 1.03. The van der Waals surface area contributed by atoms with E-state index in [1.54, 1.807) is 11.3 Å². The van der Waals surface area contributed by atoms with Gasteiger partial charge in [-0.1, -0.05) is 12.8 Å². The van der Waals surface area contributed by atoms with Gasteiger partial charge in [-0.25, -0.2) is 0 Å². The van der Waals surface area contributed by atoms with Crippen LogP contribution in [0.5, 0.6) is 0 Å². The Morgan fingerprint density at radius 1 is 1.50 bits per heavy atom. The molecule has 0 saturated heterocycles. The molecule has 0 aliphatic heterocycles. The fourth-order valence-electron chi connectivity index (χ4n) is 1.79. The van der Waals surface area contributed by atoms with E-state index >= 15 is 0 Å². The molecule has 1 nitrogen and oxygen atoms in total. The molecular weight excluding hydrogens is 190 g/mol. The summed E-state index contributed by atoms with van der Waals surface area (Å²) < 4.78 is 0. The quantitative estimate of drug-likeness (QED) is 0.784. The Labute approximate surface area is 90.5 Å². The highest BCUT2D eigenvalue weighted by atomic mass is 32.1. The summed E-state index contributed by atoms with van der Waals surface area (Å²) in [6, 6.07) is 0.682. The molecule has 1 N–H and O–H groups in total. The lowest BCUT2D eigenvalue weighted by Gasteiger charge is -2.12. The predicted molar refractivity (Wildman–Crippen MR) is 62.7 cm³/mol. The van der Waals surface area contributed by atoms with Crippen molar-refractivity contribution in [2.45, 2.75) is 45.7 Å². The normalized spacial score (nSPS) is 18.4. The number of hydrogen-bond donors (Lipinski definition) is 1. The van der Waals surface area contributed by atoms with Gasteiger partial charge in [-0.2, -0.15) is 11.3 Å². The van der Waals surface area contributed by atoms with Crippen molar-refractivity contribution in [1.29, 1.82) is 0 Å². The van der Waals surface area contributed by atoms with Crippen molar-refractivity contribution >= 4 is 11.3 Å². The number of thiophene rings is 1. The maximum absolute atomic E-state index is 3.60. The van der Waals surface area contributed by atoms with Crippen LogP contribution < -0.4 is 5.32 Å². The zero-order valence-corrected chi connectivity index (χ0v) is 9.86. The van der Waals surface area contributed by atoms with Crippen molar-refractivity contribution in [3.63, 3.8) is 0 Å². The predicted octanol–water partition coefficient (Wildman–Crippen LogP) is 3.33. The van der Waals surface area contributed by atoms with Crippen LogP contribution in [0.15, 0.2) is 10.8 Å². The van der Waals surface area contributed by atoms with Crippen LogP contribution in [0.4, 0.5) is 0 Å². The van der Waals surface area contributed by atoms with Crippen LogP contribution in [0.3, 0.4) is 0 Å². The van der Waals surface area contributed by atoms with Gasteiger partial charge in [-0.05, 0) is 48.1 Å². The number of nitrogens with one attached hydrogen (secondary N) is 1. The van der Waals surface area contributed by atoms with E-state index in [4.69, 9.17) is 0 Å². The molecule has 78 valence electrons. The summed E-state index contributed by atoms with van der Waals surface area (Å²) in [6.45, 7) is 5.54. The maximum atomic E-state index is 3.60. The molecule has 2 heteroatoms. The molecule has 1 fully saturated rings. The number of hydrogen-bond acceptors (Lipinski definition) is 2. The Balaban J connectivity index is 1.73. The summed E-state index contributed by atoms with van der Waals surface area (Å²) in [5.41, 5.74) is 2.90. The Morgan fingerprint density at radius 3 is 2.86 bits per heavy atom. The molecular formula is C12H19NS. The number of aryl methyl sites for hydroxylation is 1. The lowest BCUT2D eigenvalue weighted by atomic mass is 10.1. The van der Waals surface area contributed by atoms with E-state index in [0.717, 1.165) is 12.5 Å². The maximum Gasteiger partial charge on any atom is 0.0218 e. The molecule has 1 saturated carbocycles. The molecule has 1 aliphatic rings. The minimum absolute atomic E-state index is 0.682. The number of rotatable bonds is 5. The Bertz CT molecular complexity index is 288. The van der Waals surface area contributed by atoms with E-state index in [1.807, 2.05) is 0 Å². The summed E-state index contributed by atoms with van der Waals surface area (Å²) in [4.78, 5) is 0. The van der Waals surface area contributed by atoms with Crippen molar-refractivity contribution in [3.05, 3.63) is 21.9 Å². The molecule has 14 heavy (non-hydrogen) atoms. The molecule has 0 bridgehead atoms. The highest BCUT2D eigenvalue weighted by Crippen LogP contribution is 2.33. The van der Waals surface area contributed by atoms with Gasteiger partial charge in [0.05, 0.1) is 0 Å². The topological polar surface area (TPSA) is 12.0 Å². The minimum Gasteiger partial charge on any atom is -0.310 e. The average molecular weight is 209 g/mol. The summed E-state index contributed by atoms with van der Waals surface area (Å²) in [7, 11) is 0. The third-order valence-corrected chi connectivity index (χ3v) is 3.90. The SMILES string of the molecule is Cc1cscc1CNC(C)CC1CC1. The van der Waals surface area contributed by atoms with Crippen LogP contribution in [0.1, 0.15) is 37.3 Å². The summed E-state index contributed by atoms with van der Waals surface area (Å²) in [5, 5.41) is 8.08. The zero-order chi connectivity index (χ0) is 9.97. The van der Waals surface area contributed by atoms with Crippen LogP contribution in [-0.4, -0.2) is 6.04 Å². The first-order chi connectivity index (χ1) is 6.75. The van der Waals surface area contributed by atoms with Crippen molar-refractivity contribution in [1.82, 2.24) is 5.32 Å². The van der Waals surface area contributed by atoms with Gasteiger partial charge in [0.2, 0.25) is 0 Å². The monoisotopic (exact) mass is 209 g/mol. The van der Waals surface area contributed by atoms with Crippen molar-refractivity contribution in [2.75, 3.05) is 0 Å². The van der Waals surface area contributed by atoms with Gasteiger partial charge in [0.25, 0.3) is 0 Å². The third-order valence-electron chi connectivity index (χ3n) is 2.99. The molecule has 1 aliphatic carbocycles. The first-order valence-electron chi connectivity index (χ1n) is 5.50. The second-order valence-corrected chi connectivity index (χ2v) is 5.28. The minimum atomic E-state index is 0.682. The van der Waals surface area contributed by atoms with E-state index in [0.29, 0.717) is 6.04 Å². The Kier molecular flexibility index (Phi) is 3.24. The van der Waals surface area contributed by atoms with Crippen LogP contribution >= 0.6 is 11.3 Å². The fraction of sp³-hybridized carbons (Fsp3) is 0.667. The van der Waals surface area contributed by atoms with Crippen LogP contribution in [0, 0.1) is 12.8 Å². The Morgan fingerprint density at radius 2 is 2.29 bits per heavy atom. The van der Waals surface area contributed by atoms with Crippen molar-refractivity contribution < 1.29 is 0 Å². The lowest BCUT2D eigenvalue weighted by molar-refractivity contribution is 0.487. The van der Waals surface area contributed by atoms with Gasteiger partial charge >= 0.3 is 0 Å². The Hall–Kier alpha value is -0.340. The molecule has 0 spiro atoms. The van der Waals surface area contributed by atoms with Gasteiger partial charge in [-0.15, -0.1) is 0 Å². The molecule has 0 amide bonds. The van der Waals surface area contributed by atoms with Crippen molar-refractivity contribution in [2.24, 2.45) is 5.92 Å². The highest BCUT2D eigenvalue weighted by molar-refractivity contribution is 7.08. The van der Waals surface area contributed by atoms with Crippen LogP contribution in [0.2, 0.25) is 0 Å². The largest absolute Gasteiger partial charge is 0.310 e. The standard InChI is InChI=1S/C12H19NS/c1-9-7-14-8-12(9)6-13-10(2)5-11-3-4-11/h7-8,10-11,13H,3-6H2,1-2H3. The molecule has 1 atom stereocenters. The summed E-state index contributed by atoms with van der Waals surface area (Å²) in [6.07, 6.45) is 4.29. The van der Waals surface area contributed by atoms with Crippen LogP contribution in [-0.2, 0) is 6.54 Å². The van der Waals surface area contributed by atoms with E-state index in [2.05, 4.69) is 29.9 Å². The zero-order valence-electron chi connectivity index (χ0n) is 9.05. The first kappa shape index (κ1) is 10.2. The van der Waals surface area contributed by atoms with E-state index in [9.17, 15) is 0 Å². The smallest absolute Gasteiger partial charge is 0.0218 e. The molecule has 0 radical (unpaired) electrons. The van der Waals surface area contributed by atoms with Gasteiger partial charge in [0, 0.05) is 12.6 Å². The van der Waals surface area contributed by atoms with Crippen molar-refractivity contribution in [3.8, 4) is 0 Å². The van der Waals surface area contributed by atoms with Crippen LogP contribution in [0.25, 0.3) is 0 Å². The van der Waals surface area contributed by atoms with E-state index in [-0.39, 0.29) is 0 Å². The highest BCUT2D eigenvalue weighted by Gasteiger charge is 2.23. The fourth-order valence-corrected chi connectivity index (χ4v) is 2.65. The van der Waals surface area contributed by atoms with Gasteiger partial charge in [0.15, 0.2) is 0 Å².